The van der Waals surface area contributed by atoms with Gasteiger partial charge in [-0.3, -0.25) is 4.98 Å². The van der Waals surface area contributed by atoms with Gasteiger partial charge in [0.05, 0.1) is 28.4 Å². The van der Waals surface area contributed by atoms with Crippen LogP contribution >= 0.6 is 0 Å². The average molecular weight is 540 g/mol. The fourth-order valence-electron chi connectivity index (χ4n) is 6.09. The lowest BCUT2D eigenvalue weighted by Crippen LogP contribution is -1.99. The molecule has 2 heterocycles. The van der Waals surface area contributed by atoms with Crippen molar-refractivity contribution in [3.63, 3.8) is 0 Å². The van der Waals surface area contributed by atoms with Gasteiger partial charge >= 0.3 is 0 Å². The summed E-state index contributed by atoms with van der Waals surface area (Å²) >= 11 is 0. The SMILES string of the molecule is Cc1cccc(-c2ccc3c(c2)c2cc(-c4cccc(C)c4)ccc2n3-c2cc(C#N)c(-c3ccncc3)cc2C)c1. The van der Waals surface area contributed by atoms with E-state index in [1.165, 1.54) is 44.2 Å². The second kappa shape index (κ2) is 10.2. The van der Waals surface area contributed by atoms with Gasteiger partial charge in [0.1, 0.15) is 0 Å². The Morgan fingerprint density at radius 3 is 1.64 bits per heavy atom. The van der Waals surface area contributed by atoms with E-state index in [4.69, 9.17) is 0 Å². The van der Waals surface area contributed by atoms with Crippen LogP contribution in [-0.4, -0.2) is 9.55 Å². The van der Waals surface area contributed by atoms with E-state index in [9.17, 15) is 5.26 Å². The van der Waals surface area contributed by atoms with Gasteiger partial charge in [-0.05, 0) is 108 Å². The van der Waals surface area contributed by atoms with E-state index >= 15 is 0 Å². The van der Waals surface area contributed by atoms with Crippen molar-refractivity contribution in [2.24, 2.45) is 0 Å². The van der Waals surface area contributed by atoms with Gasteiger partial charge in [0.15, 0.2) is 0 Å². The van der Waals surface area contributed by atoms with Crippen LogP contribution in [0.5, 0.6) is 0 Å². The lowest BCUT2D eigenvalue weighted by molar-refractivity contribution is 1.15. The molecule has 0 N–H and O–H groups in total. The maximum atomic E-state index is 10.2. The normalized spacial score (nSPS) is 11.2. The smallest absolute Gasteiger partial charge is 0.0998 e. The van der Waals surface area contributed by atoms with Crippen LogP contribution in [0.2, 0.25) is 0 Å². The van der Waals surface area contributed by atoms with Crippen LogP contribution in [0.4, 0.5) is 0 Å². The first-order valence-corrected chi connectivity index (χ1v) is 14.2. The number of hydrogen-bond acceptors (Lipinski definition) is 2. The van der Waals surface area contributed by atoms with Crippen LogP contribution in [0.15, 0.2) is 122 Å². The standard InChI is InChI=1S/C39H29N3/c1-25-6-4-8-29(18-25)31-10-12-37-35(21-31)36-22-32(30-9-5-7-26(2)19-30)11-13-38(36)42(37)39-23-33(24-40)34(20-27(39)3)28-14-16-41-17-15-28/h4-23H,1-3H3. The van der Waals surface area contributed by atoms with Crippen molar-refractivity contribution in [1.29, 1.82) is 5.26 Å². The van der Waals surface area contributed by atoms with Gasteiger partial charge in [-0.15, -0.1) is 0 Å². The Labute approximate surface area is 246 Å². The predicted octanol–water partition coefficient (Wildman–Crippen LogP) is 9.98. The predicted molar refractivity (Wildman–Crippen MR) is 174 cm³/mol. The highest BCUT2D eigenvalue weighted by Gasteiger charge is 2.18. The summed E-state index contributed by atoms with van der Waals surface area (Å²) in [4.78, 5) is 4.16. The molecule has 0 fully saturated rings. The summed E-state index contributed by atoms with van der Waals surface area (Å²) in [7, 11) is 0. The van der Waals surface area contributed by atoms with Gasteiger partial charge in [0, 0.05) is 23.2 Å². The Kier molecular flexibility index (Phi) is 6.18. The van der Waals surface area contributed by atoms with Crippen molar-refractivity contribution in [1.82, 2.24) is 9.55 Å². The molecule has 42 heavy (non-hydrogen) atoms. The lowest BCUT2D eigenvalue weighted by atomic mass is 9.97. The Balaban J connectivity index is 1.51. The van der Waals surface area contributed by atoms with Crippen molar-refractivity contribution in [2.75, 3.05) is 0 Å². The van der Waals surface area contributed by atoms with Crippen LogP contribution in [0.3, 0.4) is 0 Å². The third kappa shape index (κ3) is 4.35. The molecule has 0 saturated carbocycles. The Bertz CT molecular complexity index is 2080. The maximum Gasteiger partial charge on any atom is 0.0998 e. The minimum Gasteiger partial charge on any atom is -0.309 e. The number of rotatable bonds is 4. The molecule has 7 rings (SSSR count). The second-order valence-electron chi connectivity index (χ2n) is 11.1. The molecule has 5 aromatic carbocycles. The fraction of sp³-hybridized carbons (Fsp3) is 0.0769. The van der Waals surface area contributed by atoms with E-state index in [1.807, 2.05) is 18.2 Å². The Morgan fingerprint density at radius 2 is 1.12 bits per heavy atom. The van der Waals surface area contributed by atoms with Gasteiger partial charge in [-0.25, -0.2) is 0 Å². The van der Waals surface area contributed by atoms with Crippen LogP contribution < -0.4 is 0 Å². The van der Waals surface area contributed by atoms with Crippen LogP contribution in [-0.2, 0) is 0 Å². The Hall–Kier alpha value is -5.46. The number of nitriles is 1. The zero-order valence-electron chi connectivity index (χ0n) is 23.9. The quantitative estimate of drug-likeness (QED) is 0.223. The summed E-state index contributed by atoms with van der Waals surface area (Å²) in [5.41, 5.74) is 14.2. The molecule has 7 aromatic rings. The first kappa shape index (κ1) is 25.5. The molecular formula is C39H29N3. The number of hydrogen-bond donors (Lipinski definition) is 0. The van der Waals surface area contributed by atoms with Crippen molar-refractivity contribution >= 4 is 21.8 Å². The molecule has 0 amide bonds. The third-order valence-electron chi connectivity index (χ3n) is 8.16. The lowest BCUT2D eigenvalue weighted by Gasteiger charge is -2.15. The molecule has 200 valence electrons. The molecule has 2 aromatic heterocycles. The largest absolute Gasteiger partial charge is 0.309 e. The average Bonchev–Trinajstić information content (AvgIpc) is 3.34. The zero-order chi connectivity index (χ0) is 28.8. The van der Waals surface area contributed by atoms with E-state index in [2.05, 4.69) is 127 Å². The van der Waals surface area contributed by atoms with E-state index in [-0.39, 0.29) is 0 Å². The number of fused-ring (bicyclic) bond motifs is 3. The summed E-state index contributed by atoms with van der Waals surface area (Å²) < 4.78 is 2.32. The highest BCUT2D eigenvalue weighted by Crippen LogP contribution is 2.39. The zero-order valence-corrected chi connectivity index (χ0v) is 23.9. The molecule has 0 saturated heterocycles. The highest BCUT2D eigenvalue weighted by molar-refractivity contribution is 6.11. The van der Waals surface area contributed by atoms with Gasteiger partial charge in [-0.1, -0.05) is 71.8 Å². The van der Waals surface area contributed by atoms with Gasteiger partial charge in [0.2, 0.25) is 0 Å². The van der Waals surface area contributed by atoms with E-state index in [1.54, 1.807) is 12.4 Å². The number of nitrogens with zero attached hydrogens (tertiary/aromatic N) is 3. The molecular weight excluding hydrogens is 510 g/mol. The molecule has 3 nitrogen and oxygen atoms in total. The van der Waals surface area contributed by atoms with Crippen LogP contribution in [0.1, 0.15) is 22.3 Å². The first-order valence-electron chi connectivity index (χ1n) is 14.2. The molecule has 0 unspecified atom stereocenters. The number of pyridine rings is 1. The van der Waals surface area contributed by atoms with E-state index in [0.29, 0.717) is 5.56 Å². The van der Waals surface area contributed by atoms with E-state index in [0.717, 1.165) is 33.4 Å². The number of aryl methyl sites for hydroxylation is 3. The molecule has 0 aliphatic rings. The molecule has 0 bridgehead atoms. The minimum atomic E-state index is 0.643. The molecule has 0 aliphatic carbocycles. The van der Waals surface area contributed by atoms with Crippen molar-refractivity contribution in [3.05, 3.63) is 144 Å². The Morgan fingerprint density at radius 1 is 0.571 bits per heavy atom. The summed E-state index contributed by atoms with van der Waals surface area (Å²) in [6.07, 6.45) is 3.54. The van der Waals surface area contributed by atoms with Gasteiger partial charge < -0.3 is 4.57 Å². The van der Waals surface area contributed by atoms with Gasteiger partial charge in [0.25, 0.3) is 0 Å². The first-order chi connectivity index (χ1) is 20.5. The highest BCUT2D eigenvalue weighted by atomic mass is 15.0. The fourth-order valence-corrected chi connectivity index (χ4v) is 6.09. The summed E-state index contributed by atoms with van der Waals surface area (Å²) in [5, 5.41) is 12.6. The summed E-state index contributed by atoms with van der Waals surface area (Å²) in [6, 6.07) is 41.3. The number of benzene rings is 5. The summed E-state index contributed by atoms with van der Waals surface area (Å²) in [5.74, 6) is 0. The molecule has 0 spiro atoms. The minimum absolute atomic E-state index is 0.643. The summed E-state index contributed by atoms with van der Waals surface area (Å²) in [6.45, 7) is 6.39. The van der Waals surface area contributed by atoms with Gasteiger partial charge in [-0.2, -0.15) is 5.26 Å². The van der Waals surface area contributed by atoms with Crippen molar-refractivity contribution in [3.8, 4) is 45.1 Å². The second-order valence-corrected chi connectivity index (χ2v) is 11.1. The molecule has 3 heteroatoms. The maximum absolute atomic E-state index is 10.2. The third-order valence-corrected chi connectivity index (χ3v) is 8.16. The van der Waals surface area contributed by atoms with Crippen molar-refractivity contribution in [2.45, 2.75) is 20.8 Å². The van der Waals surface area contributed by atoms with Crippen molar-refractivity contribution < 1.29 is 0 Å². The topological polar surface area (TPSA) is 41.6 Å². The van der Waals surface area contributed by atoms with E-state index < -0.39 is 0 Å². The molecule has 0 atom stereocenters. The number of aromatic nitrogens is 2. The van der Waals surface area contributed by atoms with Crippen LogP contribution in [0.25, 0.3) is 60.9 Å². The molecule has 0 radical (unpaired) electrons. The molecule has 0 aliphatic heterocycles. The monoisotopic (exact) mass is 539 g/mol. The van der Waals surface area contributed by atoms with Crippen LogP contribution in [0, 0.1) is 32.1 Å².